The van der Waals surface area contributed by atoms with Crippen molar-refractivity contribution in [3.8, 4) is 0 Å². The van der Waals surface area contributed by atoms with Gasteiger partial charge in [-0.2, -0.15) is 0 Å². The lowest BCUT2D eigenvalue weighted by molar-refractivity contribution is -0.116. The number of anilines is 2. The molecule has 1 aromatic heterocycles. The van der Waals surface area contributed by atoms with E-state index in [1.165, 1.54) is 4.57 Å². The van der Waals surface area contributed by atoms with E-state index < -0.39 is 0 Å². The first kappa shape index (κ1) is 14.9. The van der Waals surface area contributed by atoms with Gasteiger partial charge in [-0.3, -0.25) is 13.9 Å². The average Bonchev–Trinajstić information content (AvgIpc) is 2.75. The fourth-order valence-corrected chi connectivity index (χ4v) is 2.01. The lowest BCUT2D eigenvalue weighted by Crippen LogP contribution is -2.29. The van der Waals surface area contributed by atoms with Crippen LogP contribution in [0.4, 0.5) is 11.4 Å². The number of hydrogen-bond donors (Lipinski definition) is 2. The lowest BCUT2D eigenvalue weighted by atomic mass is 10.2. The molecule has 0 aliphatic heterocycles. The summed E-state index contributed by atoms with van der Waals surface area (Å²) >= 11 is 0. The Labute approximate surface area is 123 Å². The van der Waals surface area contributed by atoms with Gasteiger partial charge < -0.3 is 11.1 Å². The van der Waals surface area contributed by atoms with Gasteiger partial charge in [0.1, 0.15) is 6.54 Å². The Bertz CT molecular complexity index is 713. The van der Waals surface area contributed by atoms with E-state index in [1.54, 1.807) is 29.1 Å². The maximum absolute atomic E-state index is 12.0. The maximum atomic E-state index is 12.0. The number of aromatic nitrogens is 2. The van der Waals surface area contributed by atoms with Crippen molar-refractivity contribution in [2.24, 2.45) is 0 Å². The fraction of sp³-hybridized carbons (Fsp3) is 0.333. The van der Waals surface area contributed by atoms with E-state index in [9.17, 15) is 9.59 Å². The van der Waals surface area contributed by atoms with Gasteiger partial charge in [-0.25, -0.2) is 4.79 Å². The SMILES string of the molecule is Cc1ccc(NC(=O)Cn2ccn(C(C)C)c2=O)cc1N. The normalized spacial score (nSPS) is 10.9. The van der Waals surface area contributed by atoms with E-state index in [1.807, 2.05) is 26.8 Å². The first-order chi connectivity index (χ1) is 9.88. The second kappa shape index (κ2) is 5.87. The van der Waals surface area contributed by atoms with Crippen molar-refractivity contribution in [1.82, 2.24) is 9.13 Å². The number of hydrogen-bond acceptors (Lipinski definition) is 3. The van der Waals surface area contributed by atoms with Gasteiger partial charge in [0, 0.05) is 29.8 Å². The molecule has 6 heteroatoms. The van der Waals surface area contributed by atoms with Crippen molar-refractivity contribution in [2.75, 3.05) is 11.1 Å². The molecule has 0 saturated heterocycles. The summed E-state index contributed by atoms with van der Waals surface area (Å²) in [6.45, 7) is 5.71. The van der Waals surface area contributed by atoms with Crippen LogP contribution in [0.1, 0.15) is 25.5 Å². The Hall–Kier alpha value is -2.50. The van der Waals surface area contributed by atoms with Crippen LogP contribution in [0.25, 0.3) is 0 Å². The van der Waals surface area contributed by atoms with Crippen molar-refractivity contribution < 1.29 is 4.79 Å². The smallest absolute Gasteiger partial charge is 0.328 e. The predicted octanol–water partition coefficient (Wildman–Crippen LogP) is 1.76. The number of nitrogens with two attached hydrogens (primary N) is 1. The van der Waals surface area contributed by atoms with Gasteiger partial charge >= 0.3 is 5.69 Å². The van der Waals surface area contributed by atoms with E-state index in [0.717, 1.165) is 5.56 Å². The molecule has 0 aliphatic carbocycles. The Balaban J connectivity index is 2.08. The van der Waals surface area contributed by atoms with E-state index in [-0.39, 0.29) is 24.2 Å². The number of benzene rings is 1. The van der Waals surface area contributed by atoms with Gasteiger partial charge in [-0.05, 0) is 38.5 Å². The molecule has 0 unspecified atom stereocenters. The minimum Gasteiger partial charge on any atom is -0.398 e. The predicted molar refractivity (Wildman–Crippen MR) is 83.3 cm³/mol. The van der Waals surface area contributed by atoms with Crippen LogP contribution in [0.2, 0.25) is 0 Å². The Morgan fingerprint density at radius 3 is 2.62 bits per heavy atom. The molecule has 0 fully saturated rings. The van der Waals surface area contributed by atoms with E-state index in [2.05, 4.69) is 5.32 Å². The lowest BCUT2D eigenvalue weighted by Gasteiger charge is -2.08. The summed E-state index contributed by atoms with van der Waals surface area (Å²) in [7, 11) is 0. The molecule has 1 heterocycles. The summed E-state index contributed by atoms with van der Waals surface area (Å²) in [5.74, 6) is -0.262. The minimum absolute atomic E-state index is 0.0215. The Morgan fingerprint density at radius 1 is 1.33 bits per heavy atom. The summed E-state index contributed by atoms with van der Waals surface area (Å²) < 4.78 is 2.96. The summed E-state index contributed by atoms with van der Waals surface area (Å²) in [6.07, 6.45) is 3.30. The van der Waals surface area contributed by atoms with E-state index in [4.69, 9.17) is 5.73 Å². The van der Waals surface area contributed by atoms with Crippen LogP contribution < -0.4 is 16.7 Å². The number of nitrogen functional groups attached to an aromatic ring is 1. The topological polar surface area (TPSA) is 82.0 Å². The first-order valence-electron chi connectivity index (χ1n) is 6.81. The molecule has 0 atom stereocenters. The van der Waals surface area contributed by atoms with E-state index >= 15 is 0 Å². The van der Waals surface area contributed by atoms with Crippen molar-refractivity contribution in [1.29, 1.82) is 0 Å². The number of amides is 1. The van der Waals surface area contributed by atoms with E-state index in [0.29, 0.717) is 11.4 Å². The van der Waals surface area contributed by atoms with Crippen LogP contribution in [-0.4, -0.2) is 15.0 Å². The molecule has 0 radical (unpaired) electrons. The van der Waals surface area contributed by atoms with Gasteiger partial charge in [0.15, 0.2) is 0 Å². The van der Waals surface area contributed by atoms with Gasteiger partial charge in [-0.15, -0.1) is 0 Å². The number of nitrogens with one attached hydrogen (secondary N) is 1. The summed E-state index contributed by atoms with van der Waals surface area (Å²) in [6, 6.07) is 5.39. The molecule has 0 spiro atoms. The molecule has 3 N–H and O–H groups in total. The van der Waals surface area contributed by atoms with Gasteiger partial charge in [0.2, 0.25) is 5.91 Å². The molecule has 21 heavy (non-hydrogen) atoms. The van der Waals surface area contributed by atoms with Crippen molar-refractivity contribution in [2.45, 2.75) is 33.4 Å². The highest BCUT2D eigenvalue weighted by Gasteiger charge is 2.10. The third-order valence-electron chi connectivity index (χ3n) is 3.31. The largest absolute Gasteiger partial charge is 0.398 e. The number of nitrogens with zero attached hydrogens (tertiary/aromatic N) is 2. The Morgan fingerprint density at radius 2 is 2.05 bits per heavy atom. The monoisotopic (exact) mass is 288 g/mol. The van der Waals surface area contributed by atoms with Crippen LogP contribution in [0.15, 0.2) is 35.4 Å². The second-order valence-electron chi connectivity index (χ2n) is 5.33. The van der Waals surface area contributed by atoms with Crippen molar-refractivity contribution >= 4 is 17.3 Å². The molecule has 112 valence electrons. The molecule has 1 aromatic carbocycles. The van der Waals surface area contributed by atoms with Gasteiger partial charge in [0.25, 0.3) is 0 Å². The molecular formula is C15H20N4O2. The van der Waals surface area contributed by atoms with Crippen LogP contribution in [0.5, 0.6) is 0 Å². The molecule has 1 amide bonds. The van der Waals surface area contributed by atoms with Gasteiger partial charge in [0.05, 0.1) is 0 Å². The molecule has 2 aromatic rings. The number of carbonyl (C=O) groups is 1. The average molecular weight is 288 g/mol. The molecule has 0 saturated carbocycles. The third kappa shape index (κ3) is 3.34. The zero-order valence-electron chi connectivity index (χ0n) is 12.5. The fourth-order valence-electron chi connectivity index (χ4n) is 2.01. The number of carbonyl (C=O) groups excluding carboxylic acids is 1. The van der Waals surface area contributed by atoms with Crippen LogP contribution in [0, 0.1) is 6.92 Å². The summed E-state index contributed by atoms with van der Waals surface area (Å²) in [4.78, 5) is 24.0. The van der Waals surface area contributed by atoms with Crippen LogP contribution in [0.3, 0.4) is 0 Å². The summed E-state index contributed by atoms with van der Waals surface area (Å²) in [5.41, 5.74) is 7.81. The maximum Gasteiger partial charge on any atom is 0.328 e. The second-order valence-corrected chi connectivity index (χ2v) is 5.33. The standard InChI is InChI=1S/C15H20N4O2/c1-10(2)19-7-6-18(15(19)21)9-14(20)17-12-5-4-11(3)13(16)8-12/h4-8,10H,9,16H2,1-3H3,(H,17,20). The highest BCUT2D eigenvalue weighted by atomic mass is 16.2. The van der Waals surface area contributed by atoms with Gasteiger partial charge in [-0.1, -0.05) is 6.07 Å². The molecule has 2 rings (SSSR count). The van der Waals surface area contributed by atoms with Crippen molar-refractivity contribution in [3.05, 3.63) is 46.6 Å². The summed E-state index contributed by atoms with van der Waals surface area (Å²) in [5, 5.41) is 2.74. The molecule has 6 nitrogen and oxygen atoms in total. The highest BCUT2D eigenvalue weighted by molar-refractivity contribution is 5.91. The van der Waals surface area contributed by atoms with Crippen LogP contribution in [-0.2, 0) is 11.3 Å². The number of rotatable bonds is 4. The highest BCUT2D eigenvalue weighted by Crippen LogP contribution is 2.16. The third-order valence-corrected chi connectivity index (χ3v) is 3.31. The molecule has 0 bridgehead atoms. The van der Waals surface area contributed by atoms with Crippen LogP contribution >= 0.6 is 0 Å². The quantitative estimate of drug-likeness (QED) is 0.841. The minimum atomic E-state index is -0.262. The number of aryl methyl sites for hydroxylation is 1. The zero-order chi connectivity index (χ0) is 15.6. The first-order valence-corrected chi connectivity index (χ1v) is 6.81. The Kier molecular flexibility index (Phi) is 4.16. The number of imidazole rings is 1. The van der Waals surface area contributed by atoms with Crippen molar-refractivity contribution in [3.63, 3.8) is 0 Å². The zero-order valence-corrected chi connectivity index (χ0v) is 12.5. The molecular weight excluding hydrogens is 268 g/mol. The molecule has 0 aliphatic rings.